The van der Waals surface area contributed by atoms with Crippen molar-refractivity contribution in [2.75, 3.05) is 13.1 Å². The van der Waals surface area contributed by atoms with Crippen LogP contribution < -0.4 is 5.32 Å². The lowest BCUT2D eigenvalue weighted by molar-refractivity contribution is 0.726. The SMILES string of the molecule is IC1=CCNCC1. The van der Waals surface area contributed by atoms with Gasteiger partial charge in [-0.25, -0.2) is 0 Å². The number of rotatable bonds is 0. The van der Waals surface area contributed by atoms with Crippen LogP contribution >= 0.6 is 22.6 Å². The lowest BCUT2D eigenvalue weighted by Gasteiger charge is -2.06. The van der Waals surface area contributed by atoms with Crippen LogP contribution in [0.4, 0.5) is 0 Å². The maximum atomic E-state index is 3.23. The maximum absolute atomic E-state index is 3.23. The van der Waals surface area contributed by atoms with Gasteiger partial charge in [0.15, 0.2) is 0 Å². The molecule has 0 aromatic rings. The maximum Gasteiger partial charge on any atom is 0.0145 e. The van der Waals surface area contributed by atoms with Crippen molar-refractivity contribution >= 4 is 22.6 Å². The zero-order chi connectivity index (χ0) is 5.11. The molecule has 40 valence electrons. The van der Waals surface area contributed by atoms with Gasteiger partial charge in [0.05, 0.1) is 0 Å². The molecule has 0 aliphatic carbocycles. The minimum atomic E-state index is 1.07. The van der Waals surface area contributed by atoms with Crippen molar-refractivity contribution in [3.05, 3.63) is 9.66 Å². The van der Waals surface area contributed by atoms with E-state index < -0.39 is 0 Å². The summed E-state index contributed by atoms with van der Waals surface area (Å²) in [5, 5.41) is 3.23. The first-order valence-corrected chi connectivity index (χ1v) is 3.53. The summed E-state index contributed by atoms with van der Waals surface area (Å²) in [6.45, 7) is 2.23. The quantitative estimate of drug-likeness (QED) is 0.593. The molecule has 0 aromatic carbocycles. The Morgan fingerprint density at radius 3 is 2.86 bits per heavy atom. The summed E-state index contributed by atoms with van der Waals surface area (Å²) in [5.41, 5.74) is 0. The Hall–Kier alpha value is 0.430. The Balaban J connectivity index is 2.40. The highest BCUT2D eigenvalue weighted by Crippen LogP contribution is 2.11. The van der Waals surface area contributed by atoms with E-state index in [4.69, 9.17) is 0 Å². The monoisotopic (exact) mass is 209 g/mol. The van der Waals surface area contributed by atoms with Gasteiger partial charge in [0.1, 0.15) is 0 Å². The van der Waals surface area contributed by atoms with Crippen LogP contribution in [0.5, 0.6) is 0 Å². The Morgan fingerprint density at radius 2 is 2.57 bits per heavy atom. The molecule has 1 rings (SSSR count). The molecule has 2 heteroatoms. The van der Waals surface area contributed by atoms with Gasteiger partial charge in [-0.1, -0.05) is 6.08 Å². The summed E-state index contributed by atoms with van der Waals surface area (Å²) in [6.07, 6.45) is 3.45. The molecule has 1 N–H and O–H groups in total. The fraction of sp³-hybridized carbons (Fsp3) is 0.600. The van der Waals surface area contributed by atoms with Crippen LogP contribution in [-0.2, 0) is 0 Å². The van der Waals surface area contributed by atoms with Crippen molar-refractivity contribution in [2.24, 2.45) is 0 Å². The third-order valence-corrected chi connectivity index (χ3v) is 1.99. The van der Waals surface area contributed by atoms with E-state index in [1.807, 2.05) is 0 Å². The van der Waals surface area contributed by atoms with Crippen molar-refractivity contribution in [3.63, 3.8) is 0 Å². The largest absolute Gasteiger partial charge is 0.313 e. The molecule has 0 atom stereocenters. The first-order valence-electron chi connectivity index (χ1n) is 2.45. The van der Waals surface area contributed by atoms with E-state index in [-0.39, 0.29) is 0 Å². The zero-order valence-corrected chi connectivity index (χ0v) is 6.23. The van der Waals surface area contributed by atoms with Gasteiger partial charge < -0.3 is 5.32 Å². The highest BCUT2D eigenvalue weighted by Gasteiger charge is 1.95. The van der Waals surface area contributed by atoms with E-state index in [1.54, 1.807) is 0 Å². The minimum Gasteiger partial charge on any atom is -0.313 e. The molecule has 0 fully saturated rings. The van der Waals surface area contributed by atoms with Gasteiger partial charge in [-0.2, -0.15) is 0 Å². The fourth-order valence-electron chi connectivity index (χ4n) is 0.595. The molecule has 0 aromatic heterocycles. The van der Waals surface area contributed by atoms with Crippen molar-refractivity contribution < 1.29 is 0 Å². The Labute approximate surface area is 57.3 Å². The van der Waals surface area contributed by atoms with E-state index in [1.165, 1.54) is 10.0 Å². The first-order chi connectivity index (χ1) is 3.39. The van der Waals surface area contributed by atoms with Crippen LogP contribution in [0.15, 0.2) is 9.66 Å². The molecule has 1 heterocycles. The third-order valence-electron chi connectivity index (χ3n) is 1.01. The average molecular weight is 209 g/mol. The molecule has 0 unspecified atom stereocenters. The summed E-state index contributed by atoms with van der Waals surface area (Å²) in [4.78, 5) is 0. The topological polar surface area (TPSA) is 12.0 Å². The smallest absolute Gasteiger partial charge is 0.0145 e. The molecule has 0 amide bonds. The molecule has 0 radical (unpaired) electrons. The van der Waals surface area contributed by atoms with Crippen LogP contribution in [0.25, 0.3) is 0 Å². The second kappa shape index (κ2) is 2.67. The molecule has 0 bridgehead atoms. The standard InChI is InChI=1S/C5H8IN/c6-5-1-3-7-4-2-5/h1,7H,2-4H2. The van der Waals surface area contributed by atoms with Gasteiger partial charge in [-0.15, -0.1) is 0 Å². The normalized spacial score (nSPS) is 21.6. The van der Waals surface area contributed by atoms with E-state index in [0.717, 1.165) is 13.1 Å². The molecule has 0 saturated heterocycles. The van der Waals surface area contributed by atoms with Gasteiger partial charge >= 0.3 is 0 Å². The van der Waals surface area contributed by atoms with E-state index >= 15 is 0 Å². The average Bonchev–Trinajstić information content (AvgIpc) is 1.69. The van der Waals surface area contributed by atoms with Crippen LogP contribution in [0.1, 0.15) is 6.42 Å². The third kappa shape index (κ3) is 1.78. The minimum absolute atomic E-state index is 1.07. The molecular formula is C5H8IN. The lowest BCUT2D eigenvalue weighted by atomic mass is 10.3. The lowest BCUT2D eigenvalue weighted by Crippen LogP contribution is -2.18. The highest BCUT2D eigenvalue weighted by molar-refractivity contribution is 14.1. The molecular weight excluding hydrogens is 201 g/mol. The van der Waals surface area contributed by atoms with Crippen molar-refractivity contribution in [1.82, 2.24) is 5.32 Å². The number of nitrogens with one attached hydrogen (secondary N) is 1. The predicted octanol–water partition coefficient (Wildman–Crippen LogP) is 1.30. The summed E-state index contributed by atoms with van der Waals surface area (Å²) in [6, 6.07) is 0. The van der Waals surface area contributed by atoms with Crippen LogP contribution in [0.3, 0.4) is 0 Å². The summed E-state index contributed by atoms with van der Waals surface area (Å²) >= 11 is 2.38. The van der Waals surface area contributed by atoms with Gasteiger partial charge in [0.2, 0.25) is 0 Å². The highest BCUT2D eigenvalue weighted by atomic mass is 127. The van der Waals surface area contributed by atoms with Gasteiger partial charge in [0.25, 0.3) is 0 Å². The van der Waals surface area contributed by atoms with Gasteiger partial charge in [0, 0.05) is 6.54 Å². The van der Waals surface area contributed by atoms with E-state index in [0.29, 0.717) is 0 Å². The van der Waals surface area contributed by atoms with Crippen molar-refractivity contribution in [1.29, 1.82) is 0 Å². The summed E-state index contributed by atoms with van der Waals surface area (Å²) < 4.78 is 1.50. The second-order valence-electron chi connectivity index (χ2n) is 1.61. The Bertz CT molecular complexity index is 88.1. The van der Waals surface area contributed by atoms with E-state index in [9.17, 15) is 0 Å². The first kappa shape index (κ1) is 5.56. The van der Waals surface area contributed by atoms with Crippen LogP contribution in [0, 0.1) is 0 Å². The van der Waals surface area contributed by atoms with Gasteiger partial charge in [-0.05, 0) is 39.1 Å². The fourth-order valence-corrected chi connectivity index (χ4v) is 1.08. The molecule has 0 spiro atoms. The Kier molecular flexibility index (Phi) is 2.12. The zero-order valence-electron chi connectivity index (χ0n) is 4.08. The second-order valence-corrected chi connectivity index (χ2v) is 2.99. The molecule has 1 aliphatic heterocycles. The summed E-state index contributed by atoms with van der Waals surface area (Å²) in [7, 11) is 0. The number of hydrogen-bond donors (Lipinski definition) is 1. The van der Waals surface area contributed by atoms with Crippen LogP contribution in [0.2, 0.25) is 0 Å². The molecule has 1 aliphatic rings. The van der Waals surface area contributed by atoms with Crippen molar-refractivity contribution in [2.45, 2.75) is 6.42 Å². The van der Waals surface area contributed by atoms with Crippen LogP contribution in [-0.4, -0.2) is 13.1 Å². The summed E-state index contributed by atoms with van der Waals surface area (Å²) in [5.74, 6) is 0. The molecule has 7 heavy (non-hydrogen) atoms. The molecule has 0 saturated carbocycles. The number of hydrogen-bond acceptors (Lipinski definition) is 1. The van der Waals surface area contributed by atoms with E-state index in [2.05, 4.69) is 34.0 Å². The Morgan fingerprint density at radius 1 is 1.71 bits per heavy atom. The van der Waals surface area contributed by atoms with Crippen molar-refractivity contribution in [3.8, 4) is 0 Å². The predicted molar refractivity (Wildman–Crippen MR) is 39.6 cm³/mol. The van der Waals surface area contributed by atoms with Gasteiger partial charge in [-0.3, -0.25) is 0 Å². The number of halogens is 1. The molecule has 1 nitrogen and oxygen atoms in total.